The molecule has 0 bridgehead atoms. The molecule has 2 nitrogen and oxygen atoms in total. The lowest BCUT2D eigenvalue weighted by Crippen LogP contribution is -1.99. The summed E-state index contributed by atoms with van der Waals surface area (Å²) in [5.74, 6) is -2.23. The van der Waals surface area contributed by atoms with Crippen molar-refractivity contribution < 1.29 is 18.3 Å². The van der Waals surface area contributed by atoms with Crippen LogP contribution in [0.2, 0.25) is 0 Å². The molecule has 0 spiro atoms. The van der Waals surface area contributed by atoms with Gasteiger partial charge in [-0.1, -0.05) is 0 Å². The zero-order valence-electron chi connectivity index (χ0n) is 8.95. The summed E-state index contributed by atoms with van der Waals surface area (Å²) in [6, 6.07) is 3.69. The number of hydrogen-bond acceptors (Lipinski definition) is 3. The summed E-state index contributed by atoms with van der Waals surface area (Å²) >= 11 is 4.69. The molecule has 0 aliphatic heterocycles. The average molecular weight is 333 g/mol. The summed E-state index contributed by atoms with van der Waals surface area (Å²) in [4.78, 5) is 11.3. The van der Waals surface area contributed by atoms with Crippen molar-refractivity contribution in [2.24, 2.45) is 0 Å². The average Bonchev–Trinajstić information content (AvgIpc) is 2.73. The van der Waals surface area contributed by atoms with Gasteiger partial charge in [0.2, 0.25) is 0 Å². The second kappa shape index (κ2) is 5.58. The Bertz CT molecular complexity index is 560. The molecule has 0 saturated carbocycles. The van der Waals surface area contributed by atoms with E-state index in [1.807, 2.05) is 5.38 Å². The van der Waals surface area contributed by atoms with Crippen LogP contribution in [0.1, 0.15) is 15.2 Å². The first kappa shape index (κ1) is 13.2. The van der Waals surface area contributed by atoms with Crippen LogP contribution in [0.15, 0.2) is 28.1 Å². The van der Waals surface area contributed by atoms with Gasteiger partial charge in [-0.15, -0.1) is 11.3 Å². The largest absolute Gasteiger partial charge is 0.482 e. The fraction of sp³-hybridized carbons (Fsp3) is 0.0833. The maximum absolute atomic E-state index is 13.5. The number of hydrogen-bond donors (Lipinski definition) is 0. The van der Waals surface area contributed by atoms with E-state index in [-0.39, 0.29) is 12.2 Å². The molecule has 0 unspecified atom stereocenters. The maximum Gasteiger partial charge on any atom is 0.191 e. The Hall–Kier alpha value is -1.27. The van der Waals surface area contributed by atoms with Crippen molar-refractivity contribution >= 4 is 33.6 Å². The monoisotopic (exact) mass is 332 g/mol. The minimum Gasteiger partial charge on any atom is -0.482 e. The third kappa shape index (κ3) is 2.94. The van der Waals surface area contributed by atoms with Crippen LogP contribution in [0.4, 0.5) is 8.78 Å². The summed E-state index contributed by atoms with van der Waals surface area (Å²) in [5, 5.41) is 1.85. The fourth-order valence-corrected chi connectivity index (χ4v) is 2.72. The SMILES string of the molecule is O=Cc1cc(F)c(OCc2cc(Br)cs2)c(F)c1. The standard InChI is InChI=1S/C12H7BrF2O2S/c13-8-3-9(18-6-8)5-17-12-10(14)1-7(4-16)2-11(12)15/h1-4,6H,5H2. The molecule has 0 aliphatic carbocycles. The molecule has 1 aromatic carbocycles. The van der Waals surface area contributed by atoms with Gasteiger partial charge in [-0.25, -0.2) is 8.78 Å². The zero-order valence-corrected chi connectivity index (χ0v) is 11.4. The van der Waals surface area contributed by atoms with Crippen LogP contribution >= 0.6 is 27.3 Å². The Kier molecular flexibility index (Phi) is 4.08. The number of carbonyl (C=O) groups is 1. The van der Waals surface area contributed by atoms with E-state index in [0.717, 1.165) is 21.5 Å². The van der Waals surface area contributed by atoms with Gasteiger partial charge < -0.3 is 4.74 Å². The van der Waals surface area contributed by atoms with Crippen molar-refractivity contribution in [3.05, 3.63) is 50.1 Å². The number of aldehydes is 1. The van der Waals surface area contributed by atoms with Crippen LogP contribution in [0, 0.1) is 11.6 Å². The Balaban J connectivity index is 2.16. The number of ether oxygens (including phenoxy) is 1. The molecular formula is C12H7BrF2O2S. The topological polar surface area (TPSA) is 26.3 Å². The van der Waals surface area contributed by atoms with Gasteiger partial charge in [0.05, 0.1) is 0 Å². The van der Waals surface area contributed by atoms with E-state index < -0.39 is 17.4 Å². The van der Waals surface area contributed by atoms with Gasteiger partial charge in [0, 0.05) is 20.3 Å². The lowest BCUT2D eigenvalue weighted by atomic mass is 10.2. The minimum atomic E-state index is -0.882. The molecule has 0 fully saturated rings. The van der Waals surface area contributed by atoms with Crippen molar-refractivity contribution in [1.82, 2.24) is 0 Å². The highest BCUT2D eigenvalue weighted by molar-refractivity contribution is 9.10. The third-order valence-corrected chi connectivity index (χ3v) is 3.81. The van der Waals surface area contributed by atoms with E-state index in [1.165, 1.54) is 11.3 Å². The number of carbonyl (C=O) groups excluding carboxylic acids is 1. The second-order valence-corrected chi connectivity index (χ2v) is 5.36. The molecule has 0 atom stereocenters. The van der Waals surface area contributed by atoms with Gasteiger partial charge in [0.15, 0.2) is 17.4 Å². The van der Waals surface area contributed by atoms with Crippen LogP contribution in [0.25, 0.3) is 0 Å². The van der Waals surface area contributed by atoms with Gasteiger partial charge in [-0.3, -0.25) is 4.79 Å². The zero-order chi connectivity index (χ0) is 13.1. The van der Waals surface area contributed by atoms with Crippen molar-refractivity contribution in [3.8, 4) is 5.75 Å². The molecule has 1 heterocycles. The highest BCUT2D eigenvalue weighted by Gasteiger charge is 2.13. The Labute approximate surface area is 114 Å². The van der Waals surface area contributed by atoms with E-state index in [4.69, 9.17) is 4.74 Å². The Morgan fingerprint density at radius 3 is 2.44 bits per heavy atom. The summed E-state index contributed by atoms with van der Waals surface area (Å²) in [6.07, 6.45) is 0.381. The molecule has 1 aromatic heterocycles. The number of benzene rings is 1. The molecule has 18 heavy (non-hydrogen) atoms. The quantitative estimate of drug-likeness (QED) is 0.785. The molecule has 0 N–H and O–H groups in total. The summed E-state index contributed by atoms with van der Waals surface area (Å²) in [5.41, 5.74) is -0.0591. The van der Waals surface area contributed by atoms with Crippen LogP contribution in [-0.4, -0.2) is 6.29 Å². The predicted molar refractivity (Wildman–Crippen MR) is 68.1 cm³/mol. The molecule has 6 heteroatoms. The first-order valence-corrected chi connectivity index (χ1v) is 6.57. The van der Waals surface area contributed by atoms with E-state index >= 15 is 0 Å². The van der Waals surface area contributed by atoms with Gasteiger partial charge in [-0.2, -0.15) is 0 Å². The first-order chi connectivity index (χ1) is 8.60. The van der Waals surface area contributed by atoms with Crippen LogP contribution in [0.5, 0.6) is 5.75 Å². The molecule has 2 aromatic rings. The molecule has 94 valence electrons. The van der Waals surface area contributed by atoms with Crippen LogP contribution in [-0.2, 0) is 6.61 Å². The summed E-state index contributed by atoms with van der Waals surface area (Å²) in [6.45, 7) is 0.0740. The number of rotatable bonds is 4. The smallest absolute Gasteiger partial charge is 0.191 e. The van der Waals surface area contributed by atoms with Crippen molar-refractivity contribution in [1.29, 1.82) is 0 Å². The van der Waals surface area contributed by atoms with E-state index in [0.29, 0.717) is 6.29 Å². The number of thiophene rings is 1. The first-order valence-electron chi connectivity index (χ1n) is 4.90. The molecule has 2 rings (SSSR count). The van der Waals surface area contributed by atoms with E-state index in [2.05, 4.69) is 15.9 Å². The van der Waals surface area contributed by atoms with Crippen molar-refractivity contribution in [3.63, 3.8) is 0 Å². The van der Waals surface area contributed by atoms with Crippen molar-refractivity contribution in [2.75, 3.05) is 0 Å². The van der Waals surface area contributed by atoms with Gasteiger partial charge in [0.1, 0.15) is 12.9 Å². The van der Waals surface area contributed by atoms with Gasteiger partial charge >= 0.3 is 0 Å². The summed E-state index contributed by atoms with van der Waals surface area (Å²) in [7, 11) is 0. The summed E-state index contributed by atoms with van der Waals surface area (Å²) < 4.78 is 32.9. The predicted octanol–water partition coefficient (Wildman–Crippen LogP) is 4.18. The van der Waals surface area contributed by atoms with Crippen molar-refractivity contribution in [2.45, 2.75) is 6.61 Å². The van der Waals surface area contributed by atoms with E-state index in [1.54, 1.807) is 6.07 Å². The third-order valence-electron chi connectivity index (χ3n) is 2.14. The highest BCUT2D eigenvalue weighted by Crippen LogP contribution is 2.26. The Morgan fingerprint density at radius 2 is 1.94 bits per heavy atom. The minimum absolute atomic E-state index is 0.0591. The van der Waals surface area contributed by atoms with Crippen LogP contribution < -0.4 is 4.74 Å². The van der Waals surface area contributed by atoms with Gasteiger partial charge in [-0.05, 0) is 34.1 Å². The van der Waals surface area contributed by atoms with Crippen LogP contribution in [0.3, 0.4) is 0 Å². The maximum atomic E-state index is 13.5. The highest BCUT2D eigenvalue weighted by atomic mass is 79.9. The van der Waals surface area contributed by atoms with Gasteiger partial charge in [0.25, 0.3) is 0 Å². The lowest BCUT2D eigenvalue weighted by molar-refractivity contribution is 0.112. The second-order valence-electron chi connectivity index (χ2n) is 3.45. The fourth-order valence-electron chi connectivity index (χ4n) is 1.36. The molecule has 0 amide bonds. The molecular weight excluding hydrogens is 326 g/mol. The molecule has 0 radical (unpaired) electrons. The molecule has 0 saturated heterocycles. The normalized spacial score (nSPS) is 10.4. The van der Waals surface area contributed by atoms with E-state index in [9.17, 15) is 13.6 Å². The lowest BCUT2D eigenvalue weighted by Gasteiger charge is -2.07. The Morgan fingerprint density at radius 1 is 1.28 bits per heavy atom. The number of halogens is 3. The molecule has 0 aliphatic rings.